The number of nitrogens with one attached hydrogen (secondary N) is 4. The summed E-state index contributed by atoms with van der Waals surface area (Å²) < 4.78 is 17.1. The lowest BCUT2D eigenvalue weighted by molar-refractivity contribution is -0.129. The van der Waals surface area contributed by atoms with Crippen molar-refractivity contribution in [2.24, 2.45) is 17.8 Å². The van der Waals surface area contributed by atoms with E-state index in [0.717, 1.165) is 44.9 Å². The van der Waals surface area contributed by atoms with Crippen LogP contribution in [0.3, 0.4) is 0 Å². The second-order valence-corrected chi connectivity index (χ2v) is 12.5. The number of anilines is 1. The number of aryl methyl sites for hydroxylation is 1. The van der Waals surface area contributed by atoms with E-state index in [0.29, 0.717) is 36.2 Å². The zero-order chi connectivity index (χ0) is 31.8. The number of carbonyl (C=O) groups excluding carboxylic acids is 4. The van der Waals surface area contributed by atoms with E-state index in [1.54, 1.807) is 36.9 Å². The Hall–Kier alpha value is -3.76. The molecule has 3 atom stereocenters. The van der Waals surface area contributed by atoms with E-state index >= 15 is 4.39 Å². The highest BCUT2D eigenvalue weighted by Crippen LogP contribution is 2.32. The molecule has 4 amide bonds. The molecule has 1 heterocycles. The van der Waals surface area contributed by atoms with Gasteiger partial charge in [-0.2, -0.15) is 5.10 Å². The van der Waals surface area contributed by atoms with Crippen LogP contribution in [-0.4, -0.2) is 52.0 Å². The van der Waals surface area contributed by atoms with E-state index in [1.807, 2.05) is 6.92 Å². The van der Waals surface area contributed by atoms with Crippen molar-refractivity contribution in [1.29, 1.82) is 0 Å². The van der Waals surface area contributed by atoms with E-state index in [4.69, 9.17) is 0 Å². The Kier molecular flexibility index (Phi) is 11.5. The van der Waals surface area contributed by atoms with E-state index < -0.39 is 35.6 Å². The number of halogens is 1. The van der Waals surface area contributed by atoms with Gasteiger partial charge < -0.3 is 21.3 Å². The third-order valence-corrected chi connectivity index (χ3v) is 9.34. The standard InChI is InChI=1S/C33H47FN6O4/c1-5-28(41)38-29(32(43)35-19-22-8-7-9-22)21(4)24-14-15-26(25(34)18-24)37-33(44)30(23-12-10-20(3)11-13-23)39-31(42)27-16-17-36-40(27)6-2/h14-18,20-23,29-30H,5-13,19H2,1-4H3,(H,35,43)(H,37,44)(H,38,41)(H,39,42)/t20-,21?,23-,29?,30-/m0/s1. The summed E-state index contributed by atoms with van der Waals surface area (Å²) in [4.78, 5) is 52.2. The highest BCUT2D eigenvalue weighted by molar-refractivity contribution is 6.00. The Labute approximate surface area is 259 Å². The molecule has 2 unspecified atom stereocenters. The number of hydrogen-bond acceptors (Lipinski definition) is 5. The van der Waals surface area contributed by atoms with Gasteiger partial charge in [-0.05, 0) is 74.1 Å². The Morgan fingerprint density at radius 1 is 1.00 bits per heavy atom. The minimum atomic E-state index is -0.868. The van der Waals surface area contributed by atoms with Crippen molar-refractivity contribution in [3.63, 3.8) is 0 Å². The van der Waals surface area contributed by atoms with Crippen LogP contribution in [0.4, 0.5) is 10.1 Å². The molecule has 4 rings (SSSR count). The number of hydrogen-bond donors (Lipinski definition) is 4. The second kappa shape index (κ2) is 15.3. The number of benzene rings is 1. The highest BCUT2D eigenvalue weighted by atomic mass is 19.1. The maximum absolute atomic E-state index is 15.5. The SMILES string of the molecule is CCC(=O)NC(C(=O)NCC1CCC1)C(C)c1ccc(NC(=O)[C@@H](NC(=O)c2ccnn2CC)[C@H]2CC[C@H](C)CC2)c(F)c1. The van der Waals surface area contributed by atoms with Gasteiger partial charge in [0.1, 0.15) is 23.6 Å². The van der Waals surface area contributed by atoms with Gasteiger partial charge in [-0.3, -0.25) is 23.9 Å². The number of aromatic nitrogens is 2. The van der Waals surface area contributed by atoms with Crippen LogP contribution in [0.5, 0.6) is 0 Å². The predicted octanol–water partition coefficient (Wildman–Crippen LogP) is 4.52. The lowest BCUT2D eigenvalue weighted by atomic mass is 9.79. The Bertz CT molecular complexity index is 1320. The van der Waals surface area contributed by atoms with E-state index in [2.05, 4.69) is 33.3 Å². The molecular weight excluding hydrogens is 563 g/mol. The fourth-order valence-corrected chi connectivity index (χ4v) is 6.07. The molecule has 0 spiro atoms. The molecule has 0 saturated heterocycles. The largest absolute Gasteiger partial charge is 0.354 e. The summed E-state index contributed by atoms with van der Waals surface area (Å²) in [5, 5.41) is 15.5. The van der Waals surface area contributed by atoms with Gasteiger partial charge in [0.15, 0.2) is 0 Å². The summed E-state index contributed by atoms with van der Waals surface area (Å²) in [5.41, 5.74) is 0.858. The van der Waals surface area contributed by atoms with Gasteiger partial charge >= 0.3 is 0 Å². The molecule has 2 saturated carbocycles. The summed E-state index contributed by atoms with van der Waals surface area (Å²) in [7, 11) is 0. The maximum atomic E-state index is 15.5. The zero-order valence-electron chi connectivity index (χ0n) is 26.3. The number of rotatable bonds is 13. The number of amides is 4. The van der Waals surface area contributed by atoms with Gasteiger partial charge in [0, 0.05) is 31.6 Å². The van der Waals surface area contributed by atoms with Crippen LogP contribution < -0.4 is 21.3 Å². The van der Waals surface area contributed by atoms with Crippen LogP contribution in [-0.2, 0) is 20.9 Å². The first-order valence-electron chi connectivity index (χ1n) is 16.1. The van der Waals surface area contributed by atoms with Crippen molar-refractivity contribution in [1.82, 2.24) is 25.7 Å². The fourth-order valence-electron chi connectivity index (χ4n) is 6.07. The molecule has 44 heavy (non-hydrogen) atoms. The van der Waals surface area contributed by atoms with E-state index in [-0.39, 0.29) is 29.8 Å². The molecule has 1 aromatic carbocycles. The molecule has 4 N–H and O–H groups in total. The van der Waals surface area contributed by atoms with Gasteiger partial charge in [-0.15, -0.1) is 0 Å². The van der Waals surface area contributed by atoms with Crippen molar-refractivity contribution >= 4 is 29.3 Å². The first-order chi connectivity index (χ1) is 21.1. The van der Waals surface area contributed by atoms with Gasteiger partial charge in [-0.25, -0.2) is 4.39 Å². The number of carbonyl (C=O) groups is 4. The van der Waals surface area contributed by atoms with Crippen LogP contribution in [0, 0.1) is 23.6 Å². The third kappa shape index (κ3) is 8.24. The Balaban J connectivity index is 1.49. The molecule has 2 aliphatic rings. The first-order valence-corrected chi connectivity index (χ1v) is 16.1. The van der Waals surface area contributed by atoms with Crippen molar-refractivity contribution in [3.8, 4) is 0 Å². The summed E-state index contributed by atoms with van der Waals surface area (Å²) in [5.74, 6) is -1.72. The highest BCUT2D eigenvalue weighted by Gasteiger charge is 2.34. The van der Waals surface area contributed by atoms with Crippen molar-refractivity contribution < 1.29 is 23.6 Å². The summed E-state index contributed by atoms with van der Waals surface area (Å²) in [6.45, 7) is 8.61. The van der Waals surface area contributed by atoms with Crippen LogP contribution in [0.15, 0.2) is 30.5 Å². The molecule has 0 radical (unpaired) electrons. The van der Waals surface area contributed by atoms with E-state index in [9.17, 15) is 19.2 Å². The molecule has 2 aliphatic carbocycles. The average Bonchev–Trinajstić information content (AvgIpc) is 3.48. The fraction of sp³-hybridized carbons (Fsp3) is 0.606. The predicted molar refractivity (Wildman–Crippen MR) is 166 cm³/mol. The second-order valence-electron chi connectivity index (χ2n) is 12.5. The molecule has 2 fully saturated rings. The van der Waals surface area contributed by atoms with Crippen LogP contribution in [0.1, 0.15) is 101 Å². The molecule has 2 aromatic rings. The Morgan fingerprint density at radius 3 is 2.34 bits per heavy atom. The van der Waals surface area contributed by atoms with Crippen LogP contribution >= 0.6 is 0 Å². The molecule has 240 valence electrons. The third-order valence-electron chi connectivity index (χ3n) is 9.34. The number of nitrogens with zero attached hydrogens (tertiary/aromatic N) is 2. The molecule has 0 bridgehead atoms. The normalized spacial score (nSPS) is 20.5. The summed E-state index contributed by atoms with van der Waals surface area (Å²) in [6.07, 6.45) is 8.53. The first kappa shape index (κ1) is 33.1. The average molecular weight is 611 g/mol. The maximum Gasteiger partial charge on any atom is 0.270 e. The summed E-state index contributed by atoms with van der Waals surface area (Å²) in [6, 6.07) is 4.32. The van der Waals surface area contributed by atoms with Crippen molar-refractivity contribution in [2.45, 2.75) is 104 Å². The lowest BCUT2D eigenvalue weighted by Crippen LogP contribution is -2.50. The Morgan fingerprint density at radius 2 is 1.73 bits per heavy atom. The van der Waals surface area contributed by atoms with Gasteiger partial charge in [0.2, 0.25) is 17.7 Å². The summed E-state index contributed by atoms with van der Waals surface area (Å²) >= 11 is 0. The monoisotopic (exact) mass is 610 g/mol. The van der Waals surface area contributed by atoms with Gasteiger partial charge in [-0.1, -0.05) is 46.1 Å². The molecule has 0 aliphatic heterocycles. The molecule has 11 heteroatoms. The minimum absolute atomic E-state index is 0.0171. The molecule has 1 aromatic heterocycles. The lowest BCUT2D eigenvalue weighted by Gasteiger charge is -2.32. The minimum Gasteiger partial charge on any atom is -0.354 e. The molecule has 10 nitrogen and oxygen atoms in total. The van der Waals surface area contributed by atoms with Gasteiger partial charge in [0.05, 0.1) is 5.69 Å². The van der Waals surface area contributed by atoms with Crippen molar-refractivity contribution in [2.75, 3.05) is 11.9 Å². The van der Waals surface area contributed by atoms with Gasteiger partial charge in [0.25, 0.3) is 5.91 Å². The van der Waals surface area contributed by atoms with E-state index in [1.165, 1.54) is 12.1 Å². The molecular formula is C33H47FN6O4. The topological polar surface area (TPSA) is 134 Å². The van der Waals surface area contributed by atoms with Crippen LogP contribution in [0.25, 0.3) is 0 Å². The zero-order valence-corrected chi connectivity index (χ0v) is 26.3. The van der Waals surface area contributed by atoms with Crippen LogP contribution in [0.2, 0.25) is 0 Å². The quantitative estimate of drug-likeness (QED) is 0.265. The van der Waals surface area contributed by atoms with Crippen molar-refractivity contribution in [3.05, 3.63) is 47.5 Å². The smallest absolute Gasteiger partial charge is 0.270 e.